The van der Waals surface area contributed by atoms with Crippen LogP contribution in [0.2, 0.25) is 0 Å². The second-order valence-corrected chi connectivity index (χ2v) is 5.59. The van der Waals surface area contributed by atoms with E-state index in [2.05, 4.69) is 0 Å². The predicted molar refractivity (Wildman–Crippen MR) is 65.2 cm³/mol. The molecule has 1 heterocycles. The minimum atomic E-state index is -1.36. The Morgan fingerprint density at radius 2 is 1.83 bits per heavy atom. The lowest BCUT2D eigenvalue weighted by Crippen LogP contribution is -2.35. The van der Waals surface area contributed by atoms with Gasteiger partial charge < -0.3 is 0 Å². The summed E-state index contributed by atoms with van der Waals surface area (Å²) < 4.78 is 26.8. The van der Waals surface area contributed by atoms with Crippen molar-refractivity contribution in [2.24, 2.45) is 0 Å². The number of nitro benzene ring substituents is 1. The van der Waals surface area contributed by atoms with Gasteiger partial charge in [0, 0.05) is 25.2 Å². The van der Waals surface area contributed by atoms with Gasteiger partial charge in [-0.15, -0.1) is 0 Å². The third-order valence-corrected chi connectivity index (χ3v) is 4.38. The van der Waals surface area contributed by atoms with Gasteiger partial charge in [0.25, 0.3) is 5.69 Å². The van der Waals surface area contributed by atoms with Crippen LogP contribution in [0, 0.1) is 10.1 Å². The van der Waals surface area contributed by atoms with E-state index in [4.69, 9.17) is 0 Å². The smallest absolute Gasteiger partial charge is 0.258 e. The molecule has 0 spiro atoms. The molecule has 0 aromatic heterocycles. The fraction of sp³-hybridized carbons (Fsp3) is 0.455. The minimum Gasteiger partial charge on any atom is -0.258 e. The quantitative estimate of drug-likeness (QED) is 0.625. The van der Waals surface area contributed by atoms with Gasteiger partial charge in [0.05, 0.1) is 9.82 Å². The molecule has 1 unspecified atom stereocenters. The van der Waals surface area contributed by atoms with Crippen molar-refractivity contribution in [3.8, 4) is 0 Å². The summed E-state index contributed by atoms with van der Waals surface area (Å²) in [6.07, 6.45) is -0.0348. The number of hydrogen-bond donors (Lipinski definition) is 0. The van der Waals surface area contributed by atoms with E-state index in [0.717, 1.165) is 0 Å². The second kappa shape index (κ2) is 5.53. The molecule has 0 radical (unpaired) electrons. The summed E-state index contributed by atoms with van der Waals surface area (Å²) >= 11 is 0. The number of halogens is 1. The molecule has 1 fully saturated rings. The third-order valence-electron chi connectivity index (χ3n) is 2.87. The summed E-state index contributed by atoms with van der Waals surface area (Å²) in [4.78, 5) is 10.5. The van der Waals surface area contributed by atoms with Crippen LogP contribution in [0.1, 0.15) is 12.8 Å². The highest BCUT2D eigenvalue weighted by Crippen LogP contribution is 2.20. The molecule has 2 rings (SSSR count). The topological polar surface area (TPSA) is 63.5 Å². The molecule has 98 valence electrons. The number of piperidine rings is 1. The number of hydrogen-bond acceptors (Lipinski definition) is 3. The Bertz CT molecular complexity index is 458. The molecule has 0 aliphatic carbocycles. The number of nitro groups is 1. The van der Waals surface area contributed by atoms with E-state index < -0.39 is 22.1 Å². The Balaban J connectivity index is 2.07. The van der Waals surface area contributed by atoms with Gasteiger partial charge in [-0.25, -0.2) is 12.9 Å². The van der Waals surface area contributed by atoms with E-state index >= 15 is 0 Å². The molecule has 7 heteroatoms. The molecule has 1 aliphatic heterocycles. The van der Waals surface area contributed by atoms with Crippen molar-refractivity contribution in [1.82, 2.24) is 4.31 Å². The normalized spacial score (nSPS) is 19.6. The van der Waals surface area contributed by atoms with Crippen molar-refractivity contribution in [3.63, 3.8) is 0 Å². The standard InChI is InChI=1S/C11H13FN2O3S/c12-9-5-7-13(8-6-9)18(17)11-3-1-10(2-4-11)14(15)16/h1-4,9H,5-8H2. The highest BCUT2D eigenvalue weighted by molar-refractivity contribution is 7.82. The van der Waals surface area contributed by atoms with Crippen molar-refractivity contribution in [2.75, 3.05) is 13.1 Å². The summed E-state index contributed by atoms with van der Waals surface area (Å²) in [5.74, 6) is 0. The van der Waals surface area contributed by atoms with Crippen molar-refractivity contribution in [1.29, 1.82) is 0 Å². The largest absolute Gasteiger partial charge is 0.269 e. The number of non-ortho nitro benzene ring substituents is 1. The molecule has 0 saturated carbocycles. The van der Waals surface area contributed by atoms with E-state index in [-0.39, 0.29) is 5.69 Å². The Labute approximate surface area is 106 Å². The first kappa shape index (κ1) is 13.1. The Morgan fingerprint density at radius 3 is 2.33 bits per heavy atom. The van der Waals surface area contributed by atoms with Crippen molar-refractivity contribution in [2.45, 2.75) is 23.9 Å². The molecule has 1 atom stereocenters. The number of alkyl halides is 1. The maximum atomic E-state index is 13.0. The summed E-state index contributed by atoms with van der Waals surface area (Å²) in [7, 11) is -1.36. The van der Waals surface area contributed by atoms with Crippen LogP contribution in [0.5, 0.6) is 0 Å². The molecule has 1 aromatic rings. The lowest BCUT2D eigenvalue weighted by atomic mass is 10.1. The van der Waals surface area contributed by atoms with Crippen LogP contribution in [0.25, 0.3) is 0 Å². The molecule has 0 bridgehead atoms. The van der Waals surface area contributed by atoms with Crippen molar-refractivity contribution >= 4 is 16.7 Å². The first-order chi connectivity index (χ1) is 8.58. The zero-order valence-corrected chi connectivity index (χ0v) is 10.4. The molecule has 1 aliphatic rings. The van der Waals surface area contributed by atoms with Gasteiger partial charge in [0.2, 0.25) is 0 Å². The van der Waals surface area contributed by atoms with Gasteiger partial charge in [0.15, 0.2) is 0 Å². The van der Waals surface area contributed by atoms with Crippen LogP contribution >= 0.6 is 0 Å². The van der Waals surface area contributed by atoms with Crippen LogP contribution < -0.4 is 0 Å². The van der Waals surface area contributed by atoms with E-state index in [1.54, 1.807) is 4.31 Å². The van der Waals surface area contributed by atoms with Gasteiger partial charge in [-0.1, -0.05) is 0 Å². The predicted octanol–water partition coefficient (Wildman–Crippen LogP) is 2.05. The average Bonchev–Trinajstić information content (AvgIpc) is 2.39. The van der Waals surface area contributed by atoms with E-state index in [0.29, 0.717) is 30.8 Å². The minimum absolute atomic E-state index is 0.0294. The van der Waals surface area contributed by atoms with E-state index in [1.807, 2.05) is 0 Å². The summed E-state index contributed by atoms with van der Waals surface area (Å²) in [5.41, 5.74) is -0.0294. The van der Waals surface area contributed by atoms with Gasteiger partial charge in [-0.2, -0.15) is 0 Å². The summed E-state index contributed by atoms with van der Waals surface area (Å²) in [6, 6.07) is 5.62. The highest BCUT2D eigenvalue weighted by Gasteiger charge is 2.23. The van der Waals surface area contributed by atoms with E-state index in [1.165, 1.54) is 24.3 Å². The Hall–Kier alpha value is -1.34. The summed E-state index contributed by atoms with van der Waals surface area (Å²) in [5, 5.41) is 10.5. The number of rotatable bonds is 3. The fourth-order valence-electron chi connectivity index (χ4n) is 1.82. The Morgan fingerprint density at radius 1 is 1.28 bits per heavy atom. The molecular formula is C11H13FN2O3S. The van der Waals surface area contributed by atoms with E-state index in [9.17, 15) is 18.7 Å². The number of benzene rings is 1. The fourth-order valence-corrected chi connectivity index (χ4v) is 3.03. The monoisotopic (exact) mass is 272 g/mol. The van der Waals surface area contributed by atoms with Gasteiger partial charge in [-0.05, 0) is 25.0 Å². The van der Waals surface area contributed by atoms with Gasteiger partial charge in [-0.3, -0.25) is 10.1 Å². The zero-order valence-electron chi connectivity index (χ0n) is 9.62. The van der Waals surface area contributed by atoms with Crippen LogP contribution in [0.15, 0.2) is 29.2 Å². The van der Waals surface area contributed by atoms with Crippen LogP contribution in [0.3, 0.4) is 0 Å². The number of nitrogens with zero attached hydrogens (tertiary/aromatic N) is 2. The molecule has 0 amide bonds. The first-order valence-corrected chi connectivity index (χ1v) is 6.74. The lowest BCUT2D eigenvalue weighted by molar-refractivity contribution is -0.384. The molecule has 18 heavy (non-hydrogen) atoms. The second-order valence-electron chi connectivity index (χ2n) is 4.10. The highest BCUT2D eigenvalue weighted by atomic mass is 32.2. The SMILES string of the molecule is O=[N+]([O-])c1ccc(S(=O)N2CCC(F)CC2)cc1. The molecular weight excluding hydrogens is 259 g/mol. The molecule has 5 nitrogen and oxygen atoms in total. The Kier molecular flexibility index (Phi) is 4.03. The molecule has 1 saturated heterocycles. The van der Waals surface area contributed by atoms with Crippen LogP contribution in [-0.2, 0) is 11.0 Å². The lowest BCUT2D eigenvalue weighted by Gasteiger charge is -2.27. The maximum Gasteiger partial charge on any atom is 0.269 e. The van der Waals surface area contributed by atoms with Gasteiger partial charge in [0.1, 0.15) is 17.2 Å². The average molecular weight is 272 g/mol. The first-order valence-electron chi connectivity index (χ1n) is 5.63. The van der Waals surface area contributed by atoms with Crippen molar-refractivity contribution < 1.29 is 13.5 Å². The third kappa shape index (κ3) is 2.91. The van der Waals surface area contributed by atoms with Crippen LogP contribution in [-0.4, -0.2) is 32.7 Å². The molecule has 1 aromatic carbocycles. The zero-order chi connectivity index (χ0) is 13.1. The van der Waals surface area contributed by atoms with Crippen LogP contribution in [0.4, 0.5) is 10.1 Å². The summed E-state index contributed by atoms with van der Waals surface area (Å²) in [6.45, 7) is 0.898. The van der Waals surface area contributed by atoms with Crippen molar-refractivity contribution in [3.05, 3.63) is 34.4 Å². The van der Waals surface area contributed by atoms with Gasteiger partial charge >= 0.3 is 0 Å². The maximum absolute atomic E-state index is 13.0. The molecule has 0 N–H and O–H groups in total.